The predicted octanol–water partition coefficient (Wildman–Crippen LogP) is 4.14. The average molecular weight is 463 g/mol. The van der Waals surface area contributed by atoms with Crippen molar-refractivity contribution in [2.24, 2.45) is 0 Å². The number of piperidine rings is 1. The Morgan fingerprint density at radius 1 is 1.00 bits per heavy atom. The van der Waals surface area contributed by atoms with Crippen LogP contribution in [0.3, 0.4) is 0 Å². The first-order chi connectivity index (χ1) is 16.1. The van der Waals surface area contributed by atoms with Gasteiger partial charge in [-0.25, -0.2) is 4.79 Å². The van der Waals surface area contributed by atoms with E-state index in [4.69, 9.17) is 14.0 Å². The first-order valence-corrected chi connectivity index (χ1v) is 12.3. The summed E-state index contributed by atoms with van der Waals surface area (Å²) in [5.41, 5.74) is 0.887. The fourth-order valence-electron chi connectivity index (χ4n) is 5.51. The summed E-state index contributed by atoms with van der Waals surface area (Å²) in [6, 6.07) is 17.6. The van der Waals surface area contributed by atoms with Crippen LogP contribution in [0.5, 0.6) is 0 Å². The van der Waals surface area contributed by atoms with Gasteiger partial charge in [-0.05, 0) is 57.1 Å². The molecule has 0 radical (unpaired) electrons. The van der Waals surface area contributed by atoms with Crippen LogP contribution in [-0.4, -0.2) is 46.5 Å². The minimum Gasteiger partial charge on any atom is -0.445 e. The lowest BCUT2D eigenvalue weighted by Gasteiger charge is -2.43. The van der Waals surface area contributed by atoms with Crippen LogP contribution in [0.2, 0.25) is 0 Å². The summed E-state index contributed by atoms with van der Waals surface area (Å²) in [6.07, 6.45) is 2.46. The summed E-state index contributed by atoms with van der Waals surface area (Å²) in [6.45, 7) is 8.41. The Morgan fingerprint density at radius 3 is 2.24 bits per heavy atom. The Morgan fingerprint density at radius 2 is 1.62 bits per heavy atom. The van der Waals surface area contributed by atoms with Gasteiger partial charge in [0.25, 0.3) is 0 Å². The third kappa shape index (κ3) is 4.14. The van der Waals surface area contributed by atoms with E-state index in [9.17, 15) is 9.90 Å². The zero-order valence-electron chi connectivity index (χ0n) is 20.5. The molecule has 3 aliphatic heterocycles. The lowest BCUT2D eigenvalue weighted by Crippen LogP contribution is -2.52. The molecule has 3 heterocycles. The van der Waals surface area contributed by atoms with Crippen molar-refractivity contribution in [2.75, 3.05) is 0 Å². The molecule has 2 aromatic carbocycles. The predicted molar refractivity (Wildman–Crippen MR) is 131 cm³/mol. The molecule has 0 saturated carbocycles. The number of benzene rings is 2. The van der Waals surface area contributed by atoms with Crippen LogP contribution < -0.4 is 5.46 Å². The van der Waals surface area contributed by atoms with E-state index >= 15 is 0 Å². The highest BCUT2D eigenvalue weighted by Crippen LogP contribution is 2.46. The van der Waals surface area contributed by atoms with E-state index in [1.807, 2.05) is 87.2 Å². The van der Waals surface area contributed by atoms with Crippen molar-refractivity contribution in [2.45, 2.75) is 88.9 Å². The van der Waals surface area contributed by atoms with Crippen LogP contribution in [0.15, 0.2) is 54.6 Å². The molecule has 3 saturated heterocycles. The van der Waals surface area contributed by atoms with Gasteiger partial charge in [-0.2, -0.15) is 0 Å². The molecule has 7 heteroatoms. The van der Waals surface area contributed by atoms with Crippen molar-refractivity contribution in [3.63, 3.8) is 0 Å². The summed E-state index contributed by atoms with van der Waals surface area (Å²) < 4.78 is 18.1. The summed E-state index contributed by atoms with van der Waals surface area (Å²) in [7, 11) is -0.474. The Kier molecular flexibility index (Phi) is 5.78. The highest BCUT2D eigenvalue weighted by Gasteiger charge is 2.53. The van der Waals surface area contributed by atoms with E-state index < -0.39 is 23.9 Å². The Balaban J connectivity index is 1.30. The maximum Gasteiger partial charge on any atom is 0.494 e. The summed E-state index contributed by atoms with van der Waals surface area (Å²) >= 11 is 0. The fraction of sp³-hybridized carbons (Fsp3) is 0.519. The number of carbonyl (C=O) groups excluding carboxylic acids is 1. The van der Waals surface area contributed by atoms with Crippen molar-refractivity contribution in [1.29, 1.82) is 0 Å². The van der Waals surface area contributed by atoms with Crippen LogP contribution in [-0.2, 0) is 26.3 Å². The molecule has 2 atom stereocenters. The lowest BCUT2D eigenvalue weighted by atomic mass is 9.74. The second kappa shape index (κ2) is 8.40. The number of fused-ring (bicyclic) bond motifs is 2. The Labute approximate surface area is 202 Å². The van der Waals surface area contributed by atoms with E-state index in [1.165, 1.54) is 0 Å². The molecule has 3 aliphatic rings. The van der Waals surface area contributed by atoms with Gasteiger partial charge in [0.1, 0.15) is 6.61 Å². The topological polar surface area (TPSA) is 68.2 Å². The molecular formula is C27H34BNO5. The Bertz CT molecular complexity index is 1030. The molecule has 0 aliphatic carbocycles. The van der Waals surface area contributed by atoms with Crippen molar-refractivity contribution in [3.05, 3.63) is 65.7 Å². The molecule has 1 amide bonds. The van der Waals surface area contributed by atoms with Gasteiger partial charge in [-0.15, -0.1) is 0 Å². The van der Waals surface area contributed by atoms with Crippen LogP contribution in [0.25, 0.3) is 0 Å². The third-order valence-electron chi connectivity index (χ3n) is 8.13. The van der Waals surface area contributed by atoms with Crippen LogP contribution in [0.4, 0.5) is 4.79 Å². The molecule has 6 nitrogen and oxygen atoms in total. The van der Waals surface area contributed by atoms with Gasteiger partial charge in [0.2, 0.25) is 0 Å². The van der Waals surface area contributed by atoms with Crippen LogP contribution in [0, 0.1) is 0 Å². The number of aliphatic hydroxyl groups is 1. The third-order valence-corrected chi connectivity index (χ3v) is 8.13. The normalized spacial score (nSPS) is 29.3. The first-order valence-electron chi connectivity index (χ1n) is 12.3. The van der Waals surface area contributed by atoms with E-state index in [1.54, 1.807) is 0 Å². The van der Waals surface area contributed by atoms with Gasteiger partial charge in [-0.3, -0.25) is 0 Å². The smallest absolute Gasteiger partial charge is 0.445 e. The maximum absolute atomic E-state index is 12.9. The quantitative estimate of drug-likeness (QED) is 0.691. The number of amides is 1. The zero-order chi connectivity index (χ0) is 24.1. The summed E-state index contributed by atoms with van der Waals surface area (Å²) in [4.78, 5) is 14.8. The average Bonchev–Trinajstić information content (AvgIpc) is 3.21. The van der Waals surface area contributed by atoms with Crippen molar-refractivity contribution < 1.29 is 23.9 Å². The molecule has 34 heavy (non-hydrogen) atoms. The highest BCUT2D eigenvalue weighted by molar-refractivity contribution is 6.62. The second-order valence-corrected chi connectivity index (χ2v) is 11.0. The number of ether oxygens (including phenoxy) is 1. The van der Waals surface area contributed by atoms with Crippen molar-refractivity contribution >= 4 is 18.7 Å². The maximum atomic E-state index is 12.9. The van der Waals surface area contributed by atoms with Crippen molar-refractivity contribution in [3.8, 4) is 0 Å². The summed E-state index contributed by atoms with van der Waals surface area (Å²) in [5.74, 6) is 0. The zero-order valence-corrected chi connectivity index (χ0v) is 20.5. The van der Waals surface area contributed by atoms with Gasteiger partial charge in [0.05, 0.1) is 16.8 Å². The molecule has 3 fully saturated rings. The number of hydrogen-bond acceptors (Lipinski definition) is 5. The van der Waals surface area contributed by atoms with Crippen LogP contribution in [0.1, 0.15) is 64.5 Å². The van der Waals surface area contributed by atoms with E-state index in [0.717, 1.165) is 29.4 Å². The largest absolute Gasteiger partial charge is 0.494 e. The molecule has 5 rings (SSSR count). The molecule has 0 aromatic heterocycles. The van der Waals surface area contributed by atoms with E-state index in [-0.39, 0.29) is 24.8 Å². The number of nitrogens with zero attached hydrogens (tertiary/aromatic N) is 1. The molecular weight excluding hydrogens is 429 g/mol. The number of hydrogen-bond donors (Lipinski definition) is 1. The minimum absolute atomic E-state index is 0.0347. The lowest BCUT2D eigenvalue weighted by molar-refractivity contribution is -0.0536. The summed E-state index contributed by atoms with van der Waals surface area (Å²) in [5, 5.41) is 11.7. The standard InChI is InChI=1S/C27H34BNO5/c1-25(2)26(3,4)34-28(33-25)21-12-8-11-20(15-21)27(31)16-22-13-14-23(17-27)29(22)24(30)32-18-19-9-6-5-7-10-19/h5-12,15,22-23,31H,13-14,16-18H2,1-4H3. The fourth-order valence-corrected chi connectivity index (χ4v) is 5.51. The number of carbonyl (C=O) groups is 1. The molecule has 2 aromatic rings. The van der Waals surface area contributed by atoms with E-state index in [2.05, 4.69) is 0 Å². The molecule has 1 N–H and O–H groups in total. The van der Waals surface area contributed by atoms with Crippen LogP contribution >= 0.6 is 0 Å². The highest BCUT2D eigenvalue weighted by atomic mass is 16.7. The molecule has 2 unspecified atom stereocenters. The van der Waals surface area contributed by atoms with Gasteiger partial charge in [0, 0.05) is 24.9 Å². The van der Waals surface area contributed by atoms with Crippen molar-refractivity contribution in [1.82, 2.24) is 4.90 Å². The van der Waals surface area contributed by atoms with Gasteiger partial charge in [0.15, 0.2) is 0 Å². The van der Waals surface area contributed by atoms with E-state index in [0.29, 0.717) is 12.8 Å². The monoisotopic (exact) mass is 463 g/mol. The van der Waals surface area contributed by atoms with Gasteiger partial charge >= 0.3 is 13.2 Å². The SMILES string of the molecule is CC1(C)OB(c2cccc(C3(O)CC4CCC(C3)N4C(=O)OCc3ccccc3)c2)OC1(C)C. The second-order valence-electron chi connectivity index (χ2n) is 11.0. The first kappa shape index (κ1) is 23.4. The van der Waals surface area contributed by atoms with Gasteiger partial charge < -0.3 is 24.1 Å². The molecule has 2 bridgehead atoms. The molecule has 0 spiro atoms. The Hall–Kier alpha value is -2.35. The molecule has 180 valence electrons. The van der Waals surface area contributed by atoms with Gasteiger partial charge in [-0.1, -0.05) is 54.6 Å². The number of rotatable bonds is 4. The minimum atomic E-state index is -0.998.